The summed E-state index contributed by atoms with van der Waals surface area (Å²) in [6, 6.07) is 1.84. The van der Waals surface area contributed by atoms with E-state index < -0.39 is 6.10 Å². The summed E-state index contributed by atoms with van der Waals surface area (Å²) in [6.45, 7) is 4.58. The van der Waals surface area contributed by atoms with Gasteiger partial charge in [0.1, 0.15) is 0 Å². The molecule has 0 bridgehead atoms. The molecule has 0 saturated carbocycles. The summed E-state index contributed by atoms with van der Waals surface area (Å²) in [6.07, 6.45) is 1.49. The van der Waals surface area contributed by atoms with Crippen molar-refractivity contribution < 1.29 is 10.0 Å². The van der Waals surface area contributed by atoms with Gasteiger partial charge in [-0.05, 0) is 26.7 Å². The van der Waals surface area contributed by atoms with Crippen LogP contribution in [0.25, 0.3) is 0 Å². The smallest absolute Gasteiger partial charge is 0.304 e. The fraction of sp³-hybridized carbons (Fsp3) is 0.636. The lowest BCUT2D eigenvalue weighted by Crippen LogP contribution is -2.25. The van der Waals surface area contributed by atoms with E-state index in [1.165, 1.54) is 17.4 Å². The molecule has 6 heteroatoms. The molecule has 0 aliphatic carbocycles. The Balaban J connectivity index is 2.40. The normalized spacial score (nSPS) is 21.8. The van der Waals surface area contributed by atoms with E-state index in [-0.39, 0.29) is 10.6 Å². The highest BCUT2D eigenvalue weighted by Crippen LogP contribution is 2.42. The third-order valence-corrected chi connectivity index (χ3v) is 4.47. The van der Waals surface area contributed by atoms with Gasteiger partial charge in [-0.2, -0.15) is 0 Å². The van der Waals surface area contributed by atoms with Crippen LogP contribution in [-0.4, -0.2) is 22.6 Å². The molecule has 2 rings (SSSR count). The minimum absolute atomic E-state index is 0.125. The first-order valence-electron chi connectivity index (χ1n) is 5.73. The minimum atomic E-state index is -0.648. The largest absolute Gasteiger partial charge is 0.388 e. The first-order valence-corrected chi connectivity index (χ1v) is 6.55. The zero-order valence-electron chi connectivity index (χ0n) is 9.92. The molecule has 0 radical (unpaired) electrons. The fourth-order valence-corrected chi connectivity index (χ4v) is 3.36. The number of nitrogens with zero attached hydrogens (tertiary/aromatic N) is 2. The fourth-order valence-electron chi connectivity index (χ4n) is 2.17. The molecule has 0 amide bonds. The molecule has 2 heterocycles. The van der Waals surface area contributed by atoms with E-state index in [0.717, 1.165) is 19.4 Å². The summed E-state index contributed by atoms with van der Waals surface area (Å²) < 4.78 is 0. The summed E-state index contributed by atoms with van der Waals surface area (Å²) in [4.78, 5) is 13.4. The Morgan fingerprint density at radius 3 is 2.88 bits per heavy atom. The Morgan fingerprint density at radius 1 is 1.71 bits per heavy atom. The van der Waals surface area contributed by atoms with Crippen LogP contribution < -0.4 is 4.90 Å². The number of aliphatic hydroxyl groups is 1. The second kappa shape index (κ2) is 4.62. The van der Waals surface area contributed by atoms with Crippen molar-refractivity contribution in [1.82, 2.24) is 0 Å². The second-order valence-electron chi connectivity index (χ2n) is 4.46. The molecule has 1 saturated heterocycles. The number of nitro groups is 1. The van der Waals surface area contributed by atoms with E-state index in [9.17, 15) is 15.2 Å². The van der Waals surface area contributed by atoms with Crippen LogP contribution in [0, 0.1) is 10.1 Å². The molecule has 1 fully saturated rings. The molecule has 1 N–H and O–H groups in total. The summed E-state index contributed by atoms with van der Waals surface area (Å²) in [5.41, 5.74) is 0.125. The van der Waals surface area contributed by atoms with Gasteiger partial charge in [0.25, 0.3) is 0 Å². The van der Waals surface area contributed by atoms with Gasteiger partial charge in [0.05, 0.1) is 11.0 Å². The Bertz CT molecular complexity index is 430. The molecule has 5 nitrogen and oxygen atoms in total. The Labute approximate surface area is 104 Å². The van der Waals surface area contributed by atoms with Crippen LogP contribution in [0.4, 0.5) is 10.7 Å². The van der Waals surface area contributed by atoms with Gasteiger partial charge in [0.15, 0.2) is 5.00 Å². The summed E-state index contributed by atoms with van der Waals surface area (Å²) in [5.74, 6) is 0. The van der Waals surface area contributed by atoms with Gasteiger partial charge < -0.3 is 10.0 Å². The maximum atomic E-state index is 11.0. The Kier molecular flexibility index (Phi) is 3.35. The highest BCUT2D eigenvalue weighted by atomic mass is 32.1. The number of rotatable bonds is 3. The van der Waals surface area contributed by atoms with Gasteiger partial charge >= 0.3 is 5.69 Å². The van der Waals surface area contributed by atoms with Crippen LogP contribution in [-0.2, 0) is 0 Å². The van der Waals surface area contributed by atoms with Crippen LogP contribution in [0.15, 0.2) is 6.07 Å². The SMILES string of the molecule is CC(O)c1cc([N+](=O)[O-])c(N2CCCC2C)s1. The topological polar surface area (TPSA) is 66.6 Å². The van der Waals surface area contributed by atoms with Crippen molar-refractivity contribution in [2.45, 2.75) is 38.8 Å². The first kappa shape index (κ1) is 12.3. The average molecular weight is 256 g/mol. The molecular formula is C11H16N2O3S. The molecule has 2 unspecified atom stereocenters. The molecule has 1 aliphatic heterocycles. The molecule has 1 aromatic rings. The van der Waals surface area contributed by atoms with Crippen molar-refractivity contribution in [3.8, 4) is 0 Å². The number of thiophene rings is 1. The maximum absolute atomic E-state index is 11.0. The van der Waals surface area contributed by atoms with Crippen LogP contribution in [0.5, 0.6) is 0 Å². The van der Waals surface area contributed by atoms with Gasteiger partial charge in [-0.15, -0.1) is 11.3 Å². The van der Waals surface area contributed by atoms with Gasteiger partial charge in [0.2, 0.25) is 0 Å². The van der Waals surface area contributed by atoms with Crippen molar-refractivity contribution in [2.75, 3.05) is 11.4 Å². The van der Waals surface area contributed by atoms with E-state index in [4.69, 9.17) is 0 Å². The molecule has 17 heavy (non-hydrogen) atoms. The molecule has 1 aromatic heterocycles. The van der Waals surface area contributed by atoms with Crippen LogP contribution >= 0.6 is 11.3 Å². The zero-order chi connectivity index (χ0) is 12.6. The summed E-state index contributed by atoms with van der Waals surface area (Å²) in [7, 11) is 0. The number of hydrogen-bond acceptors (Lipinski definition) is 5. The molecule has 2 atom stereocenters. The minimum Gasteiger partial charge on any atom is -0.388 e. The molecule has 94 valence electrons. The van der Waals surface area contributed by atoms with Gasteiger partial charge in [-0.25, -0.2) is 0 Å². The standard InChI is InChI=1S/C11H16N2O3S/c1-7-4-3-5-12(7)11-9(13(15)16)6-10(17-11)8(2)14/h6-8,14H,3-5H2,1-2H3. The average Bonchev–Trinajstić information content (AvgIpc) is 2.82. The van der Waals surface area contributed by atoms with Crippen molar-refractivity contribution >= 4 is 22.0 Å². The van der Waals surface area contributed by atoms with E-state index in [0.29, 0.717) is 15.9 Å². The van der Waals surface area contributed by atoms with E-state index in [2.05, 4.69) is 11.8 Å². The summed E-state index contributed by atoms with van der Waals surface area (Å²) >= 11 is 1.33. The first-order chi connectivity index (χ1) is 8.00. The summed E-state index contributed by atoms with van der Waals surface area (Å²) in [5, 5.41) is 21.2. The highest BCUT2D eigenvalue weighted by Gasteiger charge is 2.30. The van der Waals surface area contributed by atoms with Crippen LogP contribution in [0.2, 0.25) is 0 Å². The second-order valence-corrected chi connectivity index (χ2v) is 5.52. The molecule has 1 aliphatic rings. The van der Waals surface area contributed by atoms with E-state index in [1.54, 1.807) is 6.92 Å². The zero-order valence-corrected chi connectivity index (χ0v) is 10.7. The Hall–Kier alpha value is -1.14. The number of aliphatic hydroxyl groups excluding tert-OH is 1. The van der Waals surface area contributed by atoms with E-state index in [1.807, 2.05) is 0 Å². The lowest BCUT2D eigenvalue weighted by atomic mass is 10.2. The number of anilines is 1. The van der Waals surface area contributed by atoms with Gasteiger partial charge in [0, 0.05) is 23.5 Å². The van der Waals surface area contributed by atoms with Crippen molar-refractivity contribution in [3.05, 3.63) is 21.1 Å². The third-order valence-electron chi connectivity index (χ3n) is 3.13. The quantitative estimate of drug-likeness (QED) is 0.667. The predicted molar refractivity (Wildman–Crippen MR) is 67.6 cm³/mol. The number of hydrogen-bond donors (Lipinski definition) is 1. The van der Waals surface area contributed by atoms with E-state index >= 15 is 0 Å². The molecule has 0 aromatic carbocycles. The predicted octanol–water partition coefficient (Wildman–Crippen LogP) is 2.70. The van der Waals surface area contributed by atoms with Crippen molar-refractivity contribution in [2.24, 2.45) is 0 Å². The third kappa shape index (κ3) is 2.28. The van der Waals surface area contributed by atoms with Crippen LogP contribution in [0.3, 0.4) is 0 Å². The van der Waals surface area contributed by atoms with Crippen molar-refractivity contribution in [3.63, 3.8) is 0 Å². The Morgan fingerprint density at radius 2 is 2.41 bits per heavy atom. The van der Waals surface area contributed by atoms with Crippen molar-refractivity contribution in [1.29, 1.82) is 0 Å². The highest BCUT2D eigenvalue weighted by molar-refractivity contribution is 7.16. The van der Waals surface area contributed by atoms with Gasteiger partial charge in [-0.3, -0.25) is 10.1 Å². The maximum Gasteiger partial charge on any atom is 0.304 e. The van der Waals surface area contributed by atoms with Crippen LogP contribution in [0.1, 0.15) is 37.7 Å². The lowest BCUT2D eigenvalue weighted by molar-refractivity contribution is -0.383. The monoisotopic (exact) mass is 256 g/mol. The lowest BCUT2D eigenvalue weighted by Gasteiger charge is -2.20. The van der Waals surface area contributed by atoms with Gasteiger partial charge in [-0.1, -0.05) is 0 Å². The molecular weight excluding hydrogens is 240 g/mol. The molecule has 0 spiro atoms.